The molecule has 0 aromatic heterocycles. The molecular weight excluding hydrogens is 476 g/mol. The summed E-state index contributed by atoms with van der Waals surface area (Å²) in [5.74, 6) is -0.933. The van der Waals surface area contributed by atoms with Crippen LogP contribution in [0.5, 0.6) is 0 Å². The summed E-state index contributed by atoms with van der Waals surface area (Å²) < 4.78 is 33.2. The van der Waals surface area contributed by atoms with Crippen molar-refractivity contribution in [3.63, 3.8) is 0 Å². The Kier molecular flexibility index (Phi) is 7.06. The maximum Gasteiger partial charge on any atom is 0.338 e. The Hall–Kier alpha value is -1.64. The van der Waals surface area contributed by atoms with Gasteiger partial charge in [0.2, 0.25) is 10.0 Å². The number of halogens is 1. The lowest BCUT2D eigenvalue weighted by Crippen LogP contribution is -2.39. The molecule has 1 saturated carbocycles. The van der Waals surface area contributed by atoms with E-state index in [1.165, 1.54) is 22.5 Å². The van der Waals surface area contributed by atoms with Crippen LogP contribution in [-0.2, 0) is 19.6 Å². The minimum absolute atomic E-state index is 0.0667. The number of rotatable bonds is 5. The van der Waals surface area contributed by atoms with Gasteiger partial charge in [-0.25, -0.2) is 13.2 Å². The molecule has 1 aromatic carbocycles. The van der Waals surface area contributed by atoms with Gasteiger partial charge >= 0.3 is 5.97 Å². The molecule has 9 heteroatoms. The molecule has 1 aliphatic carbocycles. The lowest BCUT2D eigenvalue weighted by atomic mass is 9.65. The maximum atomic E-state index is 13.2. The van der Waals surface area contributed by atoms with E-state index in [1.807, 2.05) is 4.90 Å². The number of ether oxygens (including phenoxy) is 1. The largest absolute Gasteiger partial charge is 0.452 e. The van der Waals surface area contributed by atoms with Gasteiger partial charge in [-0.05, 0) is 61.1 Å². The SMILES string of the molecule is CC1(C)C[C@H]2C[C@](C)(CN2C(=O)COC(=O)c2ccc(Cl)c(S(=O)(=O)N3CCCCCC3)c2)C1. The van der Waals surface area contributed by atoms with Crippen LogP contribution in [0.2, 0.25) is 5.02 Å². The van der Waals surface area contributed by atoms with Crippen LogP contribution < -0.4 is 0 Å². The first-order chi connectivity index (χ1) is 15.9. The van der Waals surface area contributed by atoms with Crippen LogP contribution in [0.15, 0.2) is 23.1 Å². The zero-order valence-electron chi connectivity index (χ0n) is 20.3. The number of fused-ring (bicyclic) bond motifs is 2. The number of carbonyl (C=O) groups is 2. The molecule has 2 aliphatic heterocycles. The third-order valence-electron chi connectivity index (χ3n) is 7.41. The molecule has 0 spiro atoms. The molecule has 4 rings (SSSR count). The van der Waals surface area contributed by atoms with Crippen molar-refractivity contribution in [1.82, 2.24) is 9.21 Å². The molecule has 188 valence electrons. The Balaban J connectivity index is 1.43. The summed E-state index contributed by atoms with van der Waals surface area (Å²) in [5, 5.41) is 0.0667. The Morgan fingerprint density at radius 2 is 1.76 bits per heavy atom. The van der Waals surface area contributed by atoms with E-state index in [-0.39, 0.29) is 44.9 Å². The van der Waals surface area contributed by atoms with E-state index in [0.29, 0.717) is 19.6 Å². The smallest absolute Gasteiger partial charge is 0.338 e. The number of esters is 1. The predicted octanol–water partition coefficient (Wildman–Crippen LogP) is 4.49. The van der Waals surface area contributed by atoms with Gasteiger partial charge in [0.1, 0.15) is 4.90 Å². The van der Waals surface area contributed by atoms with Crippen molar-refractivity contribution in [3.8, 4) is 0 Å². The van der Waals surface area contributed by atoms with Crippen molar-refractivity contribution in [1.29, 1.82) is 0 Å². The molecule has 3 fully saturated rings. The highest BCUT2D eigenvalue weighted by Gasteiger charge is 2.51. The summed E-state index contributed by atoms with van der Waals surface area (Å²) in [6.45, 7) is 7.90. The molecule has 0 radical (unpaired) electrons. The second-order valence-corrected chi connectivity index (χ2v) is 13.6. The summed E-state index contributed by atoms with van der Waals surface area (Å²) in [6, 6.07) is 4.27. The quantitative estimate of drug-likeness (QED) is 0.545. The monoisotopic (exact) mass is 510 g/mol. The van der Waals surface area contributed by atoms with Gasteiger partial charge in [0.15, 0.2) is 6.61 Å². The molecule has 1 aromatic rings. The summed E-state index contributed by atoms with van der Waals surface area (Å²) in [6.07, 6.45) is 6.58. The molecule has 0 unspecified atom stereocenters. The number of nitrogens with zero attached hydrogens (tertiary/aromatic N) is 2. The minimum atomic E-state index is -3.83. The third-order valence-corrected chi connectivity index (χ3v) is 9.79. The lowest BCUT2D eigenvalue weighted by molar-refractivity contribution is -0.135. The summed E-state index contributed by atoms with van der Waals surface area (Å²) in [5.41, 5.74) is 0.347. The second kappa shape index (κ2) is 9.43. The maximum absolute atomic E-state index is 13.2. The number of sulfonamides is 1. The molecule has 3 aliphatic rings. The van der Waals surface area contributed by atoms with Crippen LogP contribution in [0.3, 0.4) is 0 Å². The third kappa shape index (κ3) is 5.29. The van der Waals surface area contributed by atoms with E-state index < -0.39 is 16.0 Å². The summed E-state index contributed by atoms with van der Waals surface area (Å²) >= 11 is 6.23. The molecule has 0 N–H and O–H groups in total. The summed E-state index contributed by atoms with van der Waals surface area (Å²) in [7, 11) is -3.83. The van der Waals surface area contributed by atoms with E-state index >= 15 is 0 Å². The van der Waals surface area contributed by atoms with Gasteiger partial charge in [-0.3, -0.25) is 4.79 Å². The van der Waals surface area contributed by atoms with Gasteiger partial charge in [-0.1, -0.05) is 45.2 Å². The summed E-state index contributed by atoms with van der Waals surface area (Å²) in [4.78, 5) is 27.4. The normalized spacial score (nSPS) is 27.3. The molecule has 2 saturated heterocycles. The Bertz CT molecular complexity index is 1070. The molecule has 34 heavy (non-hydrogen) atoms. The second-order valence-electron chi connectivity index (χ2n) is 11.3. The number of hydrogen-bond donors (Lipinski definition) is 0. The molecule has 2 bridgehead atoms. The average molecular weight is 511 g/mol. The van der Waals surface area contributed by atoms with Crippen molar-refractivity contribution in [3.05, 3.63) is 28.8 Å². The highest BCUT2D eigenvalue weighted by atomic mass is 35.5. The van der Waals surface area contributed by atoms with E-state index in [1.54, 1.807) is 0 Å². The molecule has 7 nitrogen and oxygen atoms in total. The van der Waals surface area contributed by atoms with Crippen molar-refractivity contribution in [2.45, 2.75) is 76.7 Å². The standard InChI is InChI=1S/C25H35ClN2O5S/c1-24(2)13-19-14-25(3,16-24)17-28(19)22(29)15-33-23(30)18-8-9-20(26)21(12-18)34(31,32)27-10-6-4-5-7-11-27/h8-9,12,19H,4-7,10-11,13-17H2,1-3H3/t19-,25-/m0/s1. The fraction of sp³-hybridized carbons (Fsp3) is 0.680. The van der Waals surface area contributed by atoms with Crippen LogP contribution in [-0.4, -0.2) is 61.8 Å². The molecule has 2 atom stereocenters. The fourth-order valence-corrected chi connectivity index (χ4v) is 8.31. The Morgan fingerprint density at radius 1 is 1.09 bits per heavy atom. The zero-order chi connectivity index (χ0) is 24.7. The highest BCUT2D eigenvalue weighted by molar-refractivity contribution is 7.89. The first kappa shape index (κ1) is 25.5. The fourth-order valence-electron chi connectivity index (χ4n) is 6.29. The number of likely N-dealkylation sites (tertiary alicyclic amines) is 1. The van der Waals surface area contributed by atoms with Gasteiger partial charge in [-0.2, -0.15) is 4.31 Å². The van der Waals surface area contributed by atoms with E-state index in [0.717, 1.165) is 44.9 Å². The number of hydrogen-bond acceptors (Lipinski definition) is 5. The van der Waals surface area contributed by atoms with Crippen LogP contribution >= 0.6 is 11.6 Å². The minimum Gasteiger partial charge on any atom is -0.452 e. The molecule has 1 amide bonds. The Morgan fingerprint density at radius 3 is 2.44 bits per heavy atom. The van der Waals surface area contributed by atoms with Crippen molar-refractivity contribution in [2.24, 2.45) is 10.8 Å². The molecular formula is C25H35ClN2O5S. The number of carbonyl (C=O) groups excluding carboxylic acids is 2. The first-order valence-corrected chi connectivity index (χ1v) is 14.0. The van der Waals surface area contributed by atoms with Crippen LogP contribution in [0, 0.1) is 10.8 Å². The van der Waals surface area contributed by atoms with Crippen LogP contribution in [0.4, 0.5) is 0 Å². The van der Waals surface area contributed by atoms with Crippen LogP contribution in [0.1, 0.15) is 76.1 Å². The predicted molar refractivity (Wildman–Crippen MR) is 130 cm³/mol. The Labute approximate surface area is 207 Å². The highest BCUT2D eigenvalue weighted by Crippen LogP contribution is 2.52. The van der Waals surface area contributed by atoms with Crippen molar-refractivity contribution >= 4 is 33.5 Å². The first-order valence-electron chi connectivity index (χ1n) is 12.2. The van der Waals surface area contributed by atoms with Gasteiger partial charge in [-0.15, -0.1) is 0 Å². The topological polar surface area (TPSA) is 84.0 Å². The van der Waals surface area contributed by atoms with Crippen molar-refractivity contribution in [2.75, 3.05) is 26.2 Å². The lowest BCUT2D eigenvalue weighted by Gasteiger charge is -2.39. The van der Waals surface area contributed by atoms with E-state index in [9.17, 15) is 18.0 Å². The molecule has 2 heterocycles. The van der Waals surface area contributed by atoms with Gasteiger partial charge < -0.3 is 9.64 Å². The van der Waals surface area contributed by atoms with E-state index in [4.69, 9.17) is 16.3 Å². The van der Waals surface area contributed by atoms with Gasteiger partial charge in [0.05, 0.1) is 10.6 Å². The van der Waals surface area contributed by atoms with E-state index in [2.05, 4.69) is 20.8 Å². The number of amides is 1. The number of benzene rings is 1. The van der Waals surface area contributed by atoms with Crippen LogP contribution in [0.25, 0.3) is 0 Å². The zero-order valence-corrected chi connectivity index (χ0v) is 21.9. The van der Waals surface area contributed by atoms with Gasteiger partial charge in [0, 0.05) is 25.7 Å². The van der Waals surface area contributed by atoms with Crippen molar-refractivity contribution < 1.29 is 22.7 Å². The van der Waals surface area contributed by atoms with Gasteiger partial charge in [0.25, 0.3) is 5.91 Å². The average Bonchev–Trinajstić information content (AvgIpc) is 2.92.